The van der Waals surface area contributed by atoms with Crippen molar-refractivity contribution in [1.82, 2.24) is 5.32 Å². The van der Waals surface area contributed by atoms with Gasteiger partial charge in [-0.25, -0.2) is 4.79 Å². The lowest BCUT2D eigenvalue weighted by molar-refractivity contribution is 0.0600. The monoisotopic (exact) mass is 361 g/mol. The van der Waals surface area contributed by atoms with Gasteiger partial charge in [-0.2, -0.15) is 5.26 Å². The van der Waals surface area contributed by atoms with Gasteiger partial charge in [0, 0.05) is 12.8 Å². The lowest BCUT2D eigenvalue weighted by Gasteiger charge is -2.20. The molecular weight excluding hydrogens is 338 g/mol. The normalized spacial score (nSPS) is 14.8. The Balaban J connectivity index is 1.88. The summed E-state index contributed by atoms with van der Waals surface area (Å²) >= 11 is 0. The lowest BCUT2D eigenvalue weighted by Crippen LogP contribution is -2.28. The van der Waals surface area contributed by atoms with Crippen molar-refractivity contribution in [2.75, 3.05) is 26.7 Å². The van der Waals surface area contributed by atoms with Crippen LogP contribution in [0.1, 0.15) is 34.3 Å². The highest BCUT2D eigenvalue weighted by molar-refractivity contribution is 5.94. The van der Waals surface area contributed by atoms with Gasteiger partial charge in [-0.1, -0.05) is 12.1 Å². The lowest BCUT2D eigenvalue weighted by atomic mass is 9.98. The highest BCUT2D eigenvalue weighted by Crippen LogP contribution is 2.24. The fourth-order valence-electron chi connectivity index (χ4n) is 3.27. The molecule has 1 N–H and O–H groups in total. The summed E-state index contributed by atoms with van der Waals surface area (Å²) in [7, 11) is 1.37. The molecule has 0 amide bonds. The Morgan fingerprint density at radius 1 is 1.26 bits per heavy atom. The number of nitrogens with zero attached hydrogens (tertiary/aromatic N) is 2. The number of carbonyl (C=O) groups excluding carboxylic acids is 1. The quantitative estimate of drug-likeness (QED) is 0.654. The fourth-order valence-corrected chi connectivity index (χ4v) is 3.27. The van der Waals surface area contributed by atoms with E-state index in [1.165, 1.54) is 7.11 Å². The Morgan fingerprint density at radius 2 is 2.07 bits per heavy atom. The third kappa shape index (κ3) is 5.02. The number of benzene rings is 2. The summed E-state index contributed by atoms with van der Waals surface area (Å²) in [6.07, 6.45) is 4.11. The minimum absolute atomic E-state index is 0.388. The molecule has 1 aliphatic heterocycles. The van der Waals surface area contributed by atoms with E-state index < -0.39 is 0 Å². The molecule has 5 nitrogen and oxygen atoms in total. The number of nitrogens with one attached hydrogen (secondary N) is 1. The van der Waals surface area contributed by atoms with Crippen LogP contribution in [0.4, 0.5) is 0 Å². The molecular formula is C22H23N3O2. The molecule has 0 spiro atoms. The Kier molecular flexibility index (Phi) is 6.35. The number of hydrogen-bond acceptors (Lipinski definition) is 5. The molecule has 138 valence electrons. The second-order valence-electron chi connectivity index (χ2n) is 6.72. The van der Waals surface area contributed by atoms with Crippen LogP contribution in [0, 0.1) is 17.2 Å². The van der Waals surface area contributed by atoms with Gasteiger partial charge in [-0.3, -0.25) is 4.99 Å². The van der Waals surface area contributed by atoms with Gasteiger partial charge in [0.1, 0.15) is 0 Å². The molecule has 0 atom stereocenters. The summed E-state index contributed by atoms with van der Waals surface area (Å²) in [5.41, 5.74) is 3.65. The largest absolute Gasteiger partial charge is 0.465 e. The third-order valence-electron chi connectivity index (χ3n) is 4.76. The van der Waals surface area contributed by atoms with Gasteiger partial charge in [0.15, 0.2) is 0 Å². The molecule has 0 aromatic heterocycles. The molecule has 0 bridgehead atoms. The van der Waals surface area contributed by atoms with Crippen molar-refractivity contribution in [3.8, 4) is 17.2 Å². The molecule has 0 unspecified atom stereocenters. The minimum Gasteiger partial charge on any atom is -0.465 e. The van der Waals surface area contributed by atoms with E-state index in [2.05, 4.69) is 16.4 Å². The van der Waals surface area contributed by atoms with Crippen molar-refractivity contribution in [2.24, 2.45) is 10.9 Å². The van der Waals surface area contributed by atoms with Crippen LogP contribution in [0.5, 0.6) is 0 Å². The van der Waals surface area contributed by atoms with E-state index in [9.17, 15) is 4.79 Å². The molecule has 2 aromatic rings. The first kappa shape index (κ1) is 18.8. The Bertz CT molecular complexity index is 877. The summed E-state index contributed by atoms with van der Waals surface area (Å²) in [6.45, 7) is 2.90. The number of methoxy groups -OCH3 is 1. The molecule has 0 radical (unpaired) electrons. The maximum absolute atomic E-state index is 12.1. The number of esters is 1. The average Bonchev–Trinajstić information content (AvgIpc) is 2.73. The number of carbonyl (C=O) groups is 1. The molecule has 1 aliphatic rings. The average molecular weight is 361 g/mol. The Hall–Kier alpha value is -2.97. The van der Waals surface area contributed by atoms with Crippen LogP contribution in [0.25, 0.3) is 11.1 Å². The number of rotatable bonds is 5. The van der Waals surface area contributed by atoms with Crippen LogP contribution in [0.2, 0.25) is 0 Å². The highest BCUT2D eigenvalue weighted by Gasteiger charge is 2.12. The number of hydrogen-bond donors (Lipinski definition) is 1. The van der Waals surface area contributed by atoms with Gasteiger partial charge < -0.3 is 10.1 Å². The third-order valence-corrected chi connectivity index (χ3v) is 4.76. The highest BCUT2D eigenvalue weighted by atomic mass is 16.5. The van der Waals surface area contributed by atoms with Crippen molar-refractivity contribution in [1.29, 1.82) is 5.26 Å². The van der Waals surface area contributed by atoms with Gasteiger partial charge in [0.05, 0.1) is 24.3 Å². The second-order valence-corrected chi connectivity index (χ2v) is 6.72. The van der Waals surface area contributed by atoms with Crippen LogP contribution in [-0.2, 0) is 4.74 Å². The van der Waals surface area contributed by atoms with Crippen LogP contribution in [-0.4, -0.2) is 38.9 Å². The fraction of sp³-hybridized carbons (Fsp3) is 0.318. The van der Waals surface area contributed by atoms with Crippen LogP contribution in [0.3, 0.4) is 0 Å². The van der Waals surface area contributed by atoms with Crippen LogP contribution < -0.4 is 5.32 Å². The first-order valence-corrected chi connectivity index (χ1v) is 9.14. The topological polar surface area (TPSA) is 74.5 Å². The number of ether oxygens (including phenoxy) is 1. The van der Waals surface area contributed by atoms with E-state index in [1.807, 2.05) is 30.5 Å². The number of nitriles is 1. The second kappa shape index (κ2) is 9.11. The van der Waals surface area contributed by atoms with Gasteiger partial charge in [-0.15, -0.1) is 0 Å². The molecule has 3 rings (SSSR count). The minimum atomic E-state index is -0.388. The maximum atomic E-state index is 12.1. The zero-order valence-corrected chi connectivity index (χ0v) is 15.4. The molecule has 2 aromatic carbocycles. The van der Waals surface area contributed by atoms with Gasteiger partial charge in [0.2, 0.25) is 0 Å². The zero-order valence-electron chi connectivity index (χ0n) is 15.4. The molecule has 1 saturated heterocycles. The maximum Gasteiger partial charge on any atom is 0.337 e. The smallest absolute Gasteiger partial charge is 0.337 e. The molecule has 1 fully saturated rings. The van der Waals surface area contributed by atoms with Gasteiger partial charge >= 0.3 is 5.97 Å². The van der Waals surface area contributed by atoms with E-state index in [4.69, 9.17) is 10.00 Å². The molecule has 0 saturated carbocycles. The standard InChI is InChI=1S/C22H23N3O2/c1-27-22(26)21-11-18(15-25-14-16-5-7-24-8-6-16)10-20(12-21)19-4-2-3-17(9-19)13-23/h2-4,9-12,15-16,24H,5-8,14H2,1H3. The first-order valence-electron chi connectivity index (χ1n) is 9.14. The van der Waals surface area contributed by atoms with Crippen molar-refractivity contribution < 1.29 is 9.53 Å². The number of piperidine rings is 1. The van der Waals surface area contributed by atoms with E-state index in [0.717, 1.165) is 49.2 Å². The van der Waals surface area contributed by atoms with Crippen molar-refractivity contribution in [3.05, 3.63) is 59.2 Å². The van der Waals surface area contributed by atoms with Crippen LogP contribution >= 0.6 is 0 Å². The Labute approximate surface area is 159 Å². The summed E-state index contributed by atoms with van der Waals surface area (Å²) in [5, 5.41) is 12.5. The predicted octanol–water partition coefficient (Wildman–Crippen LogP) is 3.43. The zero-order chi connectivity index (χ0) is 19.1. The first-order chi connectivity index (χ1) is 13.2. The summed E-state index contributed by atoms with van der Waals surface area (Å²) in [4.78, 5) is 16.7. The van der Waals surface area contributed by atoms with Crippen molar-refractivity contribution in [2.45, 2.75) is 12.8 Å². The summed E-state index contributed by atoms with van der Waals surface area (Å²) in [5.74, 6) is 0.222. The van der Waals surface area contributed by atoms with E-state index in [-0.39, 0.29) is 5.97 Å². The SMILES string of the molecule is COC(=O)c1cc(C=NCC2CCNCC2)cc(-c2cccc(C#N)c2)c1. The molecule has 27 heavy (non-hydrogen) atoms. The predicted molar refractivity (Wildman–Crippen MR) is 106 cm³/mol. The van der Waals surface area contributed by atoms with Gasteiger partial charge in [-0.05, 0) is 78.9 Å². The summed E-state index contributed by atoms with van der Waals surface area (Å²) in [6, 6.07) is 15.0. The van der Waals surface area contributed by atoms with Crippen LogP contribution in [0.15, 0.2) is 47.5 Å². The molecule has 5 heteroatoms. The Morgan fingerprint density at radius 3 is 2.81 bits per heavy atom. The summed E-state index contributed by atoms with van der Waals surface area (Å²) < 4.78 is 4.88. The van der Waals surface area contributed by atoms with Gasteiger partial charge in [0.25, 0.3) is 0 Å². The van der Waals surface area contributed by atoms with E-state index in [0.29, 0.717) is 17.0 Å². The molecule has 1 heterocycles. The van der Waals surface area contributed by atoms with Crippen molar-refractivity contribution >= 4 is 12.2 Å². The van der Waals surface area contributed by atoms with Crippen molar-refractivity contribution in [3.63, 3.8) is 0 Å². The van der Waals surface area contributed by atoms with E-state index in [1.54, 1.807) is 18.2 Å². The number of aliphatic imine (C=N–C) groups is 1. The molecule has 0 aliphatic carbocycles. The van der Waals surface area contributed by atoms with E-state index >= 15 is 0 Å².